The van der Waals surface area contributed by atoms with Gasteiger partial charge in [0, 0.05) is 24.3 Å². The van der Waals surface area contributed by atoms with E-state index in [2.05, 4.69) is 5.32 Å². The minimum Gasteiger partial charge on any atom is -0.354 e. The lowest BCUT2D eigenvalue weighted by Crippen LogP contribution is -2.41. The molecule has 0 bridgehead atoms. The van der Waals surface area contributed by atoms with Gasteiger partial charge in [-0.25, -0.2) is 4.99 Å². The number of aliphatic imine (C=N–C) groups is 1. The summed E-state index contributed by atoms with van der Waals surface area (Å²) in [6.45, 7) is 0.763. The van der Waals surface area contributed by atoms with Gasteiger partial charge in [-0.05, 0) is 36.1 Å². The van der Waals surface area contributed by atoms with Crippen molar-refractivity contribution in [2.24, 2.45) is 4.99 Å². The van der Waals surface area contributed by atoms with Crippen molar-refractivity contribution >= 4 is 33.6 Å². The Morgan fingerprint density at radius 3 is 2.88 bits per heavy atom. The van der Waals surface area contributed by atoms with E-state index in [1.54, 1.807) is 11.8 Å². The van der Waals surface area contributed by atoms with E-state index in [1.807, 2.05) is 42.5 Å². The zero-order valence-corrected chi connectivity index (χ0v) is 14.3. The van der Waals surface area contributed by atoms with E-state index in [0.29, 0.717) is 10.7 Å². The highest BCUT2D eigenvalue weighted by molar-refractivity contribution is 8.13. The summed E-state index contributed by atoms with van der Waals surface area (Å²) >= 11 is 1.60. The van der Waals surface area contributed by atoms with E-state index in [4.69, 9.17) is 9.73 Å². The van der Waals surface area contributed by atoms with E-state index < -0.39 is 5.72 Å². The summed E-state index contributed by atoms with van der Waals surface area (Å²) < 4.78 is 5.94. The second-order valence-corrected chi connectivity index (χ2v) is 7.33. The van der Waals surface area contributed by atoms with Crippen LogP contribution in [0.3, 0.4) is 0 Å². The van der Waals surface area contributed by atoms with Gasteiger partial charge in [0.1, 0.15) is 0 Å². The van der Waals surface area contributed by atoms with Crippen LogP contribution in [0.25, 0.3) is 10.8 Å². The summed E-state index contributed by atoms with van der Waals surface area (Å²) in [6, 6.07) is 13.7. The molecule has 2 aromatic carbocycles. The first-order valence-electron chi connectivity index (χ1n) is 8.42. The SMILES string of the molecule is O=C(NC1=NC2(CCCCO2)CCS1)c1cccc2ccccc12. The predicted molar refractivity (Wildman–Crippen MR) is 98.5 cm³/mol. The molecule has 1 amide bonds. The highest BCUT2D eigenvalue weighted by Crippen LogP contribution is 2.35. The van der Waals surface area contributed by atoms with E-state index in [9.17, 15) is 4.79 Å². The fourth-order valence-corrected chi connectivity index (χ4v) is 4.37. The Hall–Kier alpha value is -1.85. The topological polar surface area (TPSA) is 50.7 Å². The largest absolute Gasteiger partial charge is 0.354 e. The number of carbonyl (C=O) groups is 1. The molecule has 1 fully saturated rings. The van der Waals surface area contributed by atoms with Crippen molar-refractivity contribution in [1.82, 2.24) is 5.32 Å². The molecule has 1 unspecified atom stereocenters. The van der Waals surface area contributed by atoms with E-state index >= 15 is 0 Å². The standard InChI is InChI=1S/C19H20N2O2S/c22-17(16-9-5-7-14-6-1-2-8-15(14)16)20-18-21-19(11-13-24-18)10-3-4-12-23-19/h1-2,5-9H,3-4,10-13H2,(H,20,21,22). The minimum atomic E-state index is -0.412. The van der Waals surface area contributed by atoms with Gasteiger partial charge in [0.05, 0.1) is 0 Å². The van der Waals surface area contributed by atoms with Gasteiger partial charge < -0.3 is 10.1 Å². The Morgan fingerprint density at radius 2 is 2.00 bits per heavy atom. The number of amidine groups is 1. The molecule has 5 heteroatoms. The molecule has 0 saturated carbocycles. The first-order chi connectivity index (χ1) is 11.8. The number of rotatable bonds is 1. The second-order valence-electron chi connectivity index (χ2n) is 6.25. The molecule has 0 aromatic heterocycles. The van der Waals surface area contributed by atoms with Crippen LogP contribution in [0.1, 0.15) is 36.0 Å². The quantitative estimate of drug-likeness (QED) is 0.855. The first-order valence-corrected chi connectivity index (χ1v) is 9.40. The Bertz CT molecular complexity index is 792. The third-order valence-corrected chi connectivity index (χ3v) is 5.50. The molecule has 4 rings (SSSR count). The number of thioether (sulfide) groups is 1. The second kappa shape index (κ2) is 6.57. The van der Waals surface area contributed by atoms with Gasteiger partial charge in [-0.2, -0.15) is 0 Å². The number of fused-ring (bicyclic) bond motifs is 1. The third kappa shape index (κ3) is 3.06. The van der Waals surface area contributed by atoms with Gasteiger partial charge in [0.15, 0.2) is 10.9 Å². The molecule has 1 N–H and O–H groups in total. The van der Waals surface area contributed by atoms with Crippen LogP contribution in [-0.2, 0) is 4.74 Å². The molecule has 1 saturated heterocycles. The number of benzene rings is 2. The summed E-state index contributed by atoms with van der Waals surface area (Å²) in [4.78, 5) is 17.5. The molecule has 1 spiro atoms. The first kappa shape index (κ1) is 15.7. The molecule has 24 heavy (non-hydrogen) atoms. The molecule has 2 aliphatic heterocycles. The van der Waals surface area contributed by atoms with Crippen LogP contribution in [0.4, 0.5) is 0 Å². The number of hydrogen-bond donors (Lipinski definition) is 1. The number of carbonyl (C=O) groups excluding carboxylic acids is 1. The van der Waals surface area contributed by atoms with Crippen LogP contribution in [-0.4, -0.2) is 29.2 Å². The van der Waals surface area contributed by atoms with Crippen molar-refractivity contribution < 1.29 is 9.53 Å². The number of amides is 1. The summed E-state index contributed by atoms with van der Waals surface area (Å²) in [5.74, 6) is 0.820. The summed E-state index contributed by atoms with van der Waals surface area (Å²) in [5, 5.41) is 5.70. The zero-order chi connectivity index (χ0) is 16.4. The maximum absolute atomic E-state index is 12.8. The molecule has 2 heterocycles. The molecule has 0 radical (unpaired) electrons. The number of hydrogen-bond acceptors (Lipinski definition) is 4. The average molecular weight is 340 g/mol. The van der Waals surface area contributed by atoms with Crippen LogP contribution in [0, 0.1) is 0 Å². The van der Waals surface area contributed by atoms with Crippen LogP contribution in [0.2, 0.25) is 0 Å². The summed E-state index contributed by atoms with van der Waals surface area (Å²) in [7, 11) is 0. The molecule has 1 atom stereocenters. The van der Waals surface area contributed by atoms with Crippen molar-refractivity contribution in [3.05, 3.63) is 48.0 Å². The van der Waals surface area contributed by atoms with Crippen molar-refractivity contribution in [1.29, 1.82) is 0 Å². The predicted octanol–water partition coefficient (Wildman–Crippen LogP) is 3.96. The van der Waals surface area contributed by atoms with Gasteiger partial charge in [-0.1, -0.05) is 48.2 Å². The maximum Gasteiger partial charge on any atom is 0.257 e. The smallest absolute Gasteiger partial charge is 0.257 e. The summed E-state index contributed by atoms with van der Waals surface area (Å²) in [5.41, 5.74) is 0.269. The fourth-order valence-electron chi connectivity index (χ4n) is 3.36. The number of ether oxygens (including phenoxy) is 1. The molecule has 4 nitrogen and oxygen atoms in total. The van der Waals surface area contributed by atoms with Crippen molar-refractivity contribution in [2.75, 3.05) is 12.4 Å². The fraction of sp³-hybridized carbons (Fsp3) is 0.368. The van der Waals surface area contributed by atoms with Crippen LogP contribution in [0.15, 0.2) is 47.5 Å². The van der Waals surface area contributed by atoms with Gasteiger partial charge in [-0.3, -0.25) is 4.79 Å². The molecular formula is C19H20N2O2S. The zero-order valence-electron chi connectivity index (χ0n) is 13.5. The highest BCUT2D eigenvalue weighted by Gasteiger charge is 2.36. The van der Waals surface area contributed by atoms with Gasteiger partial charge in [0.25, 0.3) is 5.91 Å². The Labute approximate surface area is 145 Å². The highest BCUT2D eigenvalue weighted by atomic mass is 32.2. The Morgan fingerprint density at radius 1 is 1.12 bits per heavy atom. The van der Waals surface area contributed by atoms with Crippen molar-refractivity contribution in [2.45, 2.75) is 31.4 Å². The molecule has 2 aliphatic rings. The lowest BCUT2D eigenvalue weighted by atomic mass is 10.0. The van der Waals surface area contributed by atoms with E-state index in [0.717, 1.165) is 48.8 Å². The van der Waals surface area contributed by atoms with E-state index in [1.165, 1.54) is 0 Å². The normalized spacial score (nSPS) is 23.9. The van der Waals surface area contributed by atoms with Gasteiger partial charge >= 0.3 is 0 Å². The van der Waals surface area contributed by atoms with Crippen molar-refractivity contribution in [3.8, 4) is 0 Å². The third-order valence-electron chi connectivity index (χ3n) is 4.62. The van der Waals surface area contributed by atoms with Gasteiger partial charge in [-0.15, -0.1) is 0 Å². The Balaban J connectivity index is 1.59. The van der Waals surface area contributed by atoms with Gasteiger partial charge in [0.2, 0.25) is 0 Å². The van der Waals surface area contributed by atoms with Crippen LogP contribution in [0.5, 0.6) is 0 Å². The molecule has 124 valence electrons. The summed E-state index contributed by atoms with van der Waals surface area (Å²) in [6.07, 6.45) is 4.10. The number of nitrogens with zero attached hydrogens (tertiary/aromatic N) is 1. The van der Waals surface area contributed by atoms with Crippen molar-refractivity contribution in [3.63, 3.8) is 0 Å². The number of nitrogens with one attached hydrogen (secondary N) is 1. The van der Waals surface area contributed by atoms with E-state index in [-0.39, 0.29) is 5.91 Å². The monoisotopic (exact) mass is 340 g/mol. The molecular weight excluding hydrogens is 320 g/mol. The maximum atomic E-state index is 12.8. The molecule has 0 aliphatic carbocycles. The average Bonchev–Trinajstić information content (AvgIpc) is 2.62. The van der Waals surface area contributed by atoms with Crippen LogP contribution >= 0.6 is 11.8 Å². The van der Waals surface area contributed by atoms with Crippen LogP contribution < -0.4 is 5.32 Å². The lowest BCUT2D eigenvalue weighted by molar-refractivity contribution is -0.0738. The molecule has 2 aromatic rings. The lowest BCUT2D eigenvalue weighted by Gasteiger charge is -2.36. The Kier molecular flexibility index (Phi) is 4.29. The minimum absolute atomic E-state index is 0.106.